The van der Waals surface area contributed by atoms with Crippen molar-refractivity contribution in [2.45, 2.75) is 31.9 Å². The average molecular weight is 240 g/mol. The van der Waals surface area contributed by atoms with E-state index in [1.165, 1.54) is 6.07 Å². The lowest BCUT2D eigenvalue weighted by Gasteiger charge is -2.14. The summed E-state index contributed by atoms with van der Waals surface area (Å²) >= 11 is 0. The van der Waals surface area contributed by atoms with Gasteiger partial charge in [-0.3, -0.25) is 0 Å². The van der Waals surface area contributed by atoms with Gasteiger partial charge in [0.05, 0.1) is 17.2 Å². The van der Waals surface area contributed by atoms with Gasteiger partial charge < -0.3 is 0 Å². The molecule has 1 aromatic rings. The molecule has 1 unspecified atom stereocenters. The number of halogens is 3. The number of hydrogen-bond donors (Lipinski definition) is 0. The maximum Gasteiger partial charge on any atom is 0.417 e. The van der Waals surface area contributed by atoms with Gasteiger partial charge in [0.15, 0.2) is 0 Å². The summed E-state index contributed by atoms with van der Waals surface area (Å²) in [7, 11) is 0. The Morgan fingerprint density at radius 1 is 1.41 bits per heavy atom. The van der Waals surface area contributed by atoms with Crippen LogP contribution in [0, 0.1) is 18.3 Å². The number of nitriles is 1. The first-order valence-corrected chi connectivity index (χ1v) is 5.34. The number of benzene rings is 1. The summed E-state index contributed by atoms with van der Waals surface area (Å²) in [5.41, 5.74) is -0.689. The van der Waals surface area contributed by atoms with Crippen LogP contribution >= 0.6 is 0 Å². The van der Waals surface area contributed by atoms with E-state index in [1.807, 2.05) is 6.92 Å². The Bertz CT molecular complexity index is 429. The van der Waals surface area contributed by atoms with Crippen LogP contribution in [0.2, 0.25) is 0 Å². The van der Waals surface area contributed by atoms with Crippen molar-refractivity contribution in [1.29, 1.82) is 5.26 Å². The molecule has 0 spiro atoms. The largest absolute Gasteiger partial charge is 0.417 e. The van der Waals surface area contributed by atoms with Crippen molar-refractivity contribution in [3.05, 3.63) is 41.8 Å². The Labute approximate surface area is 98.9 Å². The van der Waals surface area contributed by atoms with E-state index >= 15 is 0 Å². The molecule has 4 heteroatoms. The van der Waals surface area contributed by atoms with Gasteiger partial charge in [0.1, 0.15) is 0 Å². The summed E-state index contributed by atoms with van der Waals surface area (Å²) in [5, 5.41) is 8.65. The van der Waals surface area contributed by atoms with Gasteiger partial charge in [0.25, 0.3) is 0 Å². The molecule has 0 amide bonds. The Morgan fingerprint density at radius 2 is 2.06 bits per heavy atom. The topological polar surface area (TPSA) is 23.8 Å². The second-order valence-electron chi connectivity index (χ2n) is 3.90. The van der Waals surface area contributed by atoms with Crippen molar-refractivity contribution < 1.29 is 13.2 Å². The molecular weight excluding hydrogens is 227 g/mol. The fraction of sp³-hybridized carbons (Fsp3) is 0.385. The van der Waals surface area contributed by atoms with Crippen molar-refractivity contribution in [1.82, 2.24) is 0 Å². The molecule has 0 bridgehead atoms. The van der Waals surface area contributed by atoms with E-state index in [2.05, 4.69) is 6.92 Å². The molecule has 1 aromatic carbocycles. The second-order valence-corrected chi connectivity index (χ2v) is 3.90. The molecule has 1 rings (SSSR count). The molecule has 0 aliphatic carbocycles. The van der Waals surface area contributed by atoms with Gasteiger partial charge in [0, 0.05) is 0 Å². The molecule has 0 aromatic heterocycles. The fourth-order valence-electron chi connectivity index (χ4n) is 1.66. The zero-order valence-corrected chi connectivity index (χ0v) is 9.51. The maximum atomic E-state index is 12.7. The number of alkyl halides is 3. The van der Waals surface area contributed by atoms with Crippen LogP contribution in [0.25, 0.3) is 0 Å². The minimum atomic E-state index is -4.49. The van der Waals surface area contributed by atoms with Crippen molar-refractivity contribution in [3.8, 4) is 6.07 Å². The molecule has 0 saturated carbocycles. The average Bonchev–Trinajstić information content (AvgIpc) is 2.27. The lowest BCUT2D eigenvalue weighted by Crippen LogP contribution is -2.09. The molecule has 91 valence electrons. The maximum absolute atomic E-state index is 12.7. The molecule has 17 heavy (non-hydrogen) atoms. The van der Waals surface area contributed by atoms with Gasteiger partial charge in [-0.1, -0.05) is 19.4 Å². The molecule has 0 aliphatic heterocycles. The van der Waals surface area contributed by atoms with Crippen molar-refractivity contribution >= 4 is 0 Å². The highest BCUT2D eigenvalue weighted by molar-refractivity contribution is 5.43. The minimum absolute atomic E-state index is 0.172. The van der Waals surface area contributed by atoms with Gasteiger partial charge in [-0.25, -0.2) is 0 Å². The Hall–Kier alpha value is -1.50. The summed E-state index contributed by atoms with van der Waals surface area (Å²) in [6.45, 7) is 5.78. The van der Waals surface area contributed by atoms with Gasteiger partial charge >= 0.3 is 6.18 Å². The standard InChI is InChI=1S/C13H13F3N/c1-3-4-9(2)10-5-6-11(8-17)12(7-10)13(14,15)16/h5-7,9H,2-4H2,1H3. The number of rotatable bonds is 3. The molecule has 1 nitrogen and oxygen atoms in total. The molecule has 0 saturated heterocycles. The highest BCUT2D eigenvalue weighted by atomic mass is 19.4. The normalized spacial score (nSPS) is 13.2. The van der Waals surface area contributed by atoms with Gasteiger partial charge in [-0.15, -0.1) is 0 Å². The predicted molar refractivity (Wildman–Crippen MR) is 59.2 cm³/mol. The molecule has 0 heterocycles. The van der Waals surface area contributed by atoms with Gasteiger partial charge in [-0.2, -0.15) is 18.4 Å². The Morgan fingerprint density at radius 3 is 2.53 bits per heavy atom. The van der Waals surface area contributed by atoms with Crippen molar-refractivity contribution in [2.24, 2.45) is 0 Å². The molecule has 0 fully saturated rings. The molecule has 0 N–H and O–H groups in total. The summed E-state index contributed by atoms with van der Waals surface area (Å²) in [5.74, 6) is -0.172. The van der Waals surface area contributed by atoms with E-state index in [1.54, 1.807) is 12.1 Å². The van der Waals surface area contributed by atoms with E-state index < -0.39 is 11.7 Å². The summed E-state index contributed by atoms with van der Waals surface area (Å²) in [6.07, 6.45) is -2.91. The molecule has 1 radical (unpaired) electrons. The molecule has 1 atom stereocenters. The SMILES string of the molecule is [CH2]C(CCC)c1ccc(C#N)c(C(F)(F)F)c1. The summed E-state index contributed by atoms with van der Waals surface area (Å²) < 4.78 is 38.1. The van der Waals surface area contributed by atoms with Crippen LogP contribution in [0.1, 0.15) is 42.4 Å². The Balaban J connectivity index is 3.19. The van der Waals surface area contributed by atoms with E-state index in [0.29, 0.717) is 5.56 Å². The van der Waals surface area contributed by atoms with Crippen LogP contribution < -0.4 is 0 Å². The zero-order valence-electron chi connectivity index (χ0n) is 9.51. The monoisotopic (exact) mass is 240 g/mol. The quantitative estimate of drug-likeness (QED) is 0.772. The number of hydrogen-bond acceptors (Lipinski definition) is 1. The number of nitrogens with zero attached hydrogens (tertiary/aromatic N) is 1. The van der Waals surface area contributed by atoms with Crippen LogP contribution in [0.5, 0.6) is 0 Å². The highest BCUT2D eigenvalue weighted by Crippen LogP contribution is 2.34. The lowest BCUT2D eigenvalue weighted by molar-refractivity contribution is -0.137. The third kappa shape index (κ3) is 3.23. The van der Waals surface area contributed by atoms with Crippen LogP contribution in [0.4, 0.5) is 13.2 Å². The van der Waals surface area contributed by atoms with Crippen LogP contribution in [-0.4, -0.2) is 0 Å². The van der Waals surface area contributed by atoms with E-state index in [-0.39, 0.29) is 11.5 Å². The van der Waals surface area contributed by atoms with Gasteiger partial charge in [-0.05, 0) is 37.0 Å². The first-order valence-electron chi connectivity index (χ1n) is 5.34. The van der Waals surface area contributed by atoms with Gasteiger partial charge in [0.2, 0.25) is 0 Å². The first kappa shape index (κ1) is 13.6. The lowest BCUT2D eigenvalue weighted by atomic mass is 9.93. The van der Waals surface area contributed by atoms with Crippen LogP contribution in [0.15, 0.2) is 18.2 Å². The second kappa shape index (κ2) is 5.22. The summed E-state index contributed by atoms with van der Waals surface area (Å²) in [4.78, 5) is 0. The summed E-state index contributed by atoms with van der Waals surface area (Å²) in [6, 6.07) is 5.35. The van der Waals surface area contributed by atoms with E-state index in [4.69, 9.17) is 5.26 Å². The molecule has 0 aliphatic rings. The van der Waals surface area contributed by atoms with Crippen LogP contribution in [-0.2, 0) is 6.18 Å². The van der Waals surface area contributed by atoms with Crippen LogP contribution in [0.3, 0.4) is 0 Å². The highest BCUT2D eigenvalue weighted by Gasteiger charge is 2.34. The zero-order chi connectivity index (χ0) is 13.1. The predicted octanol–water partition coefficient (Wildman–Crippen LogP) is 4.29. The Kier molecular flexibility index (Phi) is 4.17. The van der Waals surface area contributed by atoms with E-state index in [0.717, 1.165) is 18.9 Å². The minimum Gasteiger partial charge on any atom is -0.192 e. The fourth-order valence-corrected chi connectivity index (χ4v) is 1.66. The first-order chi connectivity index (χ1) is 7.90. The smallest absolute Gasteiger partial charge is 0.192 e. The third-order valence-corrected chi connectivity index (χ3v) is 2.58. The van der Waals surface area contributed by atoms with Crippen molar-refractivity contribution in [2.75, 3.05) is 0 Å². The van der Waals surface area contributed by atoms with E-state index in [9.17, 15) is 13.2 Å². The van der Waals surface area contributed by atoms with Crippen molar-refractivity contribution in [3.63, 3.8) is 0 Å². The molecular formula is C13H13F3N. The third-order valence-electron chi connectivity index (χ3n) is 2.58.